The molecule has 0 bridgehead atoms. The normalized spacial score (nSPS) is 29.7. The minimum atomic E-state index is -0.419. The van der Waals surface area contributed by atoms with E-state index in [0.29, 0.717) is 25.7 Å². The highest BCUT2D eigenvalue weighted by Crippen LogP contribution is 2.14. The summed E-state index contributed by atoms with van der Waals surface area (Å²) in [5.74, 6) is 0.716. The molecule has 3 unspecified atom stereocenters. The molecule has 5 heteroatoms. The van der Waals surface area contributed by atoms with E-state index in [1.54, 1.807) is 0 Å². The first-order chi connectivity index (χ1) is 9.74. The predicted octanol–water partition coefficient (Wildman–Crippen LogP) is 0.474. The Balaban J connectivity index is 1.46. The molecule has 2 N–H and O–H groups in total. The average molecular weight is 286 g/mol. The molecule has 20 heavy (non-hydrogen) atoms. The van der Waals surface area contributed by atoms with Gasteiger partial charge in [-0.2, -0.15) is 0 Å². The summed E-state index contributed by atoms with van der Waals surface area (Å²) >= 11 is 0. The van der Waals surface area contributed by atoms with Crippen molar-refractivity contribution < 1.29 is 14.6 Å². The lowest BCUT2D eigenvalue weighted by Gasteiger charge is -2.30. The quantitative estimate of drug-likeness (QED) is 0.679. The molecule has 2 saturated heterocycles. The topological polar surface area (TPSA) is 54.0 Å². The number of ether oxygens (including phenoxy) is 2. The Morgan fingerprint density at radius 2 is 2.30 bits per heavy atom. The van der Waals surface area contributed by atoms with Crippen molar-refractivity contribution in [3.8, 4) is 0 Å². The molecule has 2 fully saturated rings. The average Bonchev–Trinajstić information content (AvgIpc) is 2.92. The molecule has 5 nitrogen and oxygen atoms in total. The van der Waals surface area contributed by atoms with Gasteiger partial charge in [-0.15, -0.1) is 0 Å². The minimum absolute atomic E-state index is 0.243. The van der Waals surface area contributed by atoms with Gasteiger partial charge in [0.2, 0.25) is 0 Å². The molecule has 3 atom stereocenters. The second-order valence-electron chi connectivity index (χ2n) is 6.26. The smallest absolute Gasteiger partial charge is 0.0897 e. The third kappa shape index (κ3) is 6.06. The second-order valence-corrected chi connectivity index (χ2v) is 6.26. The number of piperidine rings is 1. The second kappa shape index (κ2) is 8.95. The van der Waals surface area contributed by atoms with Gasteiger partial charge >= 0.3 is 0 Å². The molecule has 0 radical (unpaired) electrons. The third-order valence-electron chi connectivity index (χ3n) is 4.17. The molecule has 0 aromatic carbocycles. The first-order valence-corrected chi connectivity index (χ1v) is 8.00. The molecule has 0 amide bonds. The number of aliphatic hydroxyl groups is 1. The first-order valence-electron chi connectivity index (χ1n) is 8.00. The van der Waals surface area contributed by atoms with E-state index in [1.165, 1.54) is 25.9 Å². The third-order valence-corrected chi connectivity index (χ3v) is 4.17. The van der Waals surface area contributed by atoms with Crippen molar-refractivity contribution >= 4 is 0 Å². The van der Waals surface area contributed by atoms with E-state index in [9.17, 15) is 5.11 Å². The zero-order chi connectivity index (χ0) is 14.2. The van der Waals surface area contributed by atoms with Crippen molar-refractivity contribution in [2.75, 3.05) is 53.0 Å². The van der Waals surface area contributed by atoms with Gasteiger partial charge in [-0.3, -0.25) is 0 Å². The summed E-state index contributed by atoms with van der Waals surface area (Å²) in [6, 6.07) is 0. The SMILES string of the molecule is CN1CCCC(CNCC(O)COCC2CCCO2)C1. The monoisotopic (exact) mass is 286 g/mol. The van der Waals surface area contributed by atoms with Crippen LogP contribution in [0.2, 0.25) is 0 Å². The molecule has 0 aromatic heterocycles. The van der Waals surface area contributed by atoms with Crippen LogP contribution in [0, 0.1) is 5.92 Å². The van der Waals surface area contributed by atoms with E-state index in [2.05, 4.69) is 17.3 Å². The van der Waals surface area contributed by atoms with Gasteiger partial charge in [-0.05, 0) is 51.7 Å². The lowest BCUT2D eigenvalue weighted by atomic mass is 9.98. The van der Waals surface area contributed by atoms with Crippen LogP contribution in [0.25, 0.3) is 0 Å². The summed E-state index contributed by atoms with van der Waals surface area (Å²) in [7, 11) is 2.18. The van der Waals surface area contributed by atoms with Crippen LogP contribution in [0.4, 0.5) is 0 Å². The van der Waals surface area contributed by atoms with Gasteiger partial charge in [-0.25, -0.2) is 0 Å². The van der Waals surface area contributed by atoms with Gasteiger partial charge in [0.1, 0.15) is 0 Å². The molecular weight excluding hydrogens is 256 g/mol. The summed E-state index contributed by atoms with van der Waals surface area (Å²) in [6.45, 7) is 5.86. The Morgan fingerprint density at radius 3 is 3.05 bits per heavy atom. The maximum Gasteiger partial charge on any atom is 0.0897 e. The number of hydrogen-bond acceptors (Lipinski definition) is 5. The van der Waals surface area contributed by atoms with Crippen molar-refractivity contribution in [3.63, 3.8) is 0 Å². The molecule has 2 rings (SSSR count). The van der Waals surface area contributed by atoms with Gasteiger partial charge in [0.15, 0.2) is 0 Å². The first kappa shape index (κ1) is 16.2. The van der Waals surface area contributed by atoms with Crippen molar-refractivity contribution in [1.82, 2.24) is 10.2 Å². The molecule has 2 aliphatic heterocycles. The Morgan fingerprint density at radius 1 is 1.40 bits per heavy atom. The maximum atomic E-state index is 9.87. The summed E-state index contributed by atoms with van der Waals surface area (Å²) in [5.41, 5.74) is 0. The lowest BCUT2D eigenvalue weighted by Crippen LogP contribution is -2.40. The fourth-order valence-corrected chi connectivity index (χ4v) is 3.06. The van der Waals surface area contributed by atoms with Crippen molar-refractivity contribution in [3.05, 3.63) is 0 Å². The van der Waals surface area contributed by atoms with Crippen molar-refractivity contribution in [1.29, 1.82) is 0 Å². The number of likely N-dealkylation sites (tertiary alicyclic amines) is 1. The summed E-state index contributed by atoms with van der Waals surface area (Å²) in [5, 5.41) is 13.2. The summed E-state index contributed by atoms with van der Waals surface area (Å²) in [4.78, 5) is 2.39. The Hall–Kier alpha value is -0.200. The lowest BCUT2D eigenvalue weighted by molar-refractivity contribution is -0.0166. The van der Waals surface area contributed by atoms with E-state index in [4.69, 9.17) is 9.47 Å². The number of nitrogens with one attached hydrogen (secondary N) is 1. The molecule has 0 saturated carbocycles. The van der Waals surface area contributed by atoms with E-state index < -0.39 is 6.10 Å². The minimum Gasteiger partial charge on any atom is -0.389 e. The largest absolute Gasteiger partial charge is 0.389 e. The van der Waals surface area contributed by atoms with Gasteiger partial charge in [0.25, 0.3) is 0 Å². The van der Waals surface area contributed by atoms with Crippen LogP contribution >= 0.6 is 0 Å². The Kier molecular flexibility index (Phi) is 7.24. The predicted molar refractivity (Wildman–Crippen MR) is 78.9 cm³/mol. The van der Waals surface area contributed by atoms with E-state index >= 15 is 0 Å². The van der Waals surface area contributed by atoms with Crippen LogP contribution in [0.3, 0.4) is 0 Å². The van der Waals surface area contributed by atoms with Crippen LogP contribution in [0.5, 0.6) is 0 Å². The number of nitrogens with zero attached hydrogens (tertiary/aromatic N) is 1. The zero-order valence-corrected chi connectivity index (χ0v) is 12.7. The number of hydrogen-bond donors (Lipinski definition) is 2. The number of rotatable bonds is 8. The van der Waals surface area contributed by atoms with Crippen LogP contribution in [-0.4, -0.2) is 75.3 Å². The van der Waals surface area contributed by atoms with Gasteiger partial charge in [0.05, 0.1) is 25.4 Å². The van der Waals surface area contributed by atoms with E-state index in [0.717, 1.165) is 26.0 Å². The number of aliphatic hydroxyl groups excluding tert-OH is 1. The van der Waals surface area contributed by atoms with Gasteiger partial charge < -0.3 is 24.8 Å². The van der Waals surface area contributed by atoms with Crippen LogP contribution in [0.1, 0.15) is 25.7 Å². The molecule has 0 aromatic rings. The van der Waals surface area contributed by atoms with Crippen molar-refractivity contribution in [2.24, 2.45) is 5.92 Å². The molecule has 0 spiro atoms. The fraction of sp³-hybridized carbons (Fsp3) is 1.00. The highest BCUT2D eigenvalue weighted by Gasteiger charge is 2.18. The maximum absolute atomic E-state index is 9.87. The van der Waals surface area contributed by atoms with Crippen molar-refractivity contribution in [2.45, 2.75) is 37.9 Å². The van der Waals surface area contributed by atoms with Gasteiger partial charge in [0, 0.05) is 19.7 Å². The highest BCUT2D eigenvalue weighted by molar-refractivity contribution is 4.73. The zero-order valence-electron chi connectivity index (χ0n) is 12.7. The Labute approximate surface area is 122 Å². The Bertz CT molecular complexity index is 260. The summed E-state index contributed by atoms with van der Waals surface area (Å²) in [6.07, 6.45) is 4.63. The van der Waals surface area contributed by atoms with E-state index in [1.807, 2.05) is 0 Å². The molecular formula is C15H30N2O3. The molecule has 2 heterocycles. The van der Waals surface area contributed by atoms with Crippen LogP contribution in [-0.2, 0) is 9.47 Å². The fourth-order valence-electron chi connectivity index (χ4n) is 3.06. The molecule has 2 aliphatic rings. The highest BCUT2D eigenvalue weighted by atomic mass is 16.5. The summed E-state index contributed by atoms with van der Waals surface area (Å²) < 4.78 is 11.0. The van der Waals surface area contributed by atoms with E-state index in [-0.39, 0.29) is 6.10 Å². The van der Waals surface area contributed by atoms with Gasteiger partial charge in [-0.1, -0.05) is 0 Å². The molecule has 0 aliphatic carbocycles. The standard InChI is InChI=1S/C15H30N2O3/c1-17-6-2-4-13(10-17)8-16-9-14(18)11-19-12-15-5-3-7-20-15/h13-16,18H,2-12H2,1H3. The molecule has 118 valence electrons. The van der Waals surface area contributed by atoms with Crippen LogP contribution < -0.4 is 5.32 Å². The van der Waals surface area contributed by atoms with Crippen LogP contribution in [0.15, 0.2) is 0 Å².